The molecule has 1 aromatic carbocycles. The third-order valence-corrected chi connectivity index (χ3v) is 1.75. The van der Waals surface area contributed by atoms with E-state index in [9.17, 15) is 0 Å². The summed E-state index contributed by atoms with van der Waals surface area (Å²) in [5, 5.41) is 2.23. The Morgan fingerprint density at radius 1 is 1.08 bits per heavy atom. The minimum atomic E-state index is 1.06. The summed E-state index contributed by atoms with van der Waals surface area (Å²) >= 11 is 0. The molecule has 0 aliphatic carbocycles. The van der Waals surface area contributed by atoms with Gasteiger partial charge >= 0.3 is 0 Å². The maximum atomic E-state index is 3.94. The van der Waals surface area contributed by atoms with Crippen molar-refractivity contribution in [1.82, 2.24) is 0 Å². The molecular weight excluding hydrogens is 156 g/mol. The van der Waals surface area contributed by atoms with Crippen molar-refractivity contribution in [2.75, 3.05) is 0 Å². The highest BCUT2D eigenvalue weighted by Crippen LogP contribution is 1.77. The van der Waals surface area contributed by atoms with Crippen LogP contribution < -0.4 is 10.4 Å². The molecule has 0 unspecified atom stereocenters. The second-order valence-electron chi connectivity index (χ2n) is 2.78. The number of allylic oxidation sites excluding steroid dienone is 4. The molecule has 0 nitrogen and oxygen atoms in total. The van der Waals surface area contributed by atoms with Crippen LogP contribution in [0.1, 0.15) is 6.92 Å². The zero-order valence-electron chi connectivity index (χ0n) is 7.90. The van der Waals surface area contributed by atoms with Crippen LogP contribution in [0.2, 0.25) is 0 Å². The van der Waals surface area contributed by atoms with Gasteiger partial charge < -0.3 is 0 Å². The van der Waals surface area contributed by atoms with E-state index in [4.69, 9.17) is 0 Å². The summed E-state index contributed by atoms with van der Waals surface area (Å²) in [6.45, 7) is 5.94. The van der Waals surface area contributed by atoms with Crippen LogP contribution in [0.4, 0.5) is 0 Å². The van der Waals surface area contributed by atoms with E-state index in [1.807, 2.05) is 49.4 Å². The number of hydrogen-bond donors (Lipinski definition) is 0. The SMILES string of the molecule is C=c1cccc/c1=C/C=C\C=CC. The first-order valence-corrected chi connectivity index (χ1v) is 4.38. The van der Waals surface area contributed by atoms with Crippen molar-refractivity contribution in [2.24, 2.45) is 0 Å². The first-order chi connectivity index (χ1) is 6.34. The van der Waals surface area contributed by atoms with Crippen molar-refractivity contribution in [3.05, 3.63) is 59.0 Å². The molecule has 0 saturated heterocycles. The molecule has 0 aliphatic heterocycles. The fraction of sp³-hybridized carbons (Fsp3) is 0.0769. The van der Waals surface area contributed by atoms with E-state index in [2.05, 4.69) is 18.7 Å². The summed E-state index contributed by atoms with van der Waals surface area (Å²) in [6, 6.07) is 8.08. The smallest absolute Gasteiger partial charge is 0.0190 e. The van der Waals surface area contributed by atoms with Crippen LogP contribution in [-0.4, -0.2) is 0 Å². The van der Waals surface area contributed by atoms with Gasteiger partial charge in [0.15, 0.2) is 0 Å². The Morgan fingerprint density at radius 3 is 2.54 bits per heavy atom. The average molecular weight is 170 g/mol. The number of benzene rings is 1. The van der Waals surface area contributed by atoms with Crippen molar-refractivity contribution < 1.29 is 0 Å². The standard InChI is InChI=1S/C13H14/c1-3-4-5-6-10-13-11-8-7-9-12(13)2/h3-11H,2H2,1H3/b4-3?,6-5-,13-10-. The molecule has 0 amide bonds. The Labute approximate surface area is 79.2 Å². The second kappa shape index (κ2) is 5.15. The van der Waals surface area contributed by atoms with E-state index in [1.165, 1.54) is 5.22 Å². The van der Waals surface area contributed by atoms with E-state index in [0.717, 1.165) is 5.22 Å². The Bertz CT molecular complexity index is 408. The van der Waals surface area contributed by atoms with Gasteiger partial charge in [0.25, 0.3) is 0 Å². The van der Waals surface area contributed by atoms with E-state index in [1.54, 1.807) is 0 Å². The monoisotopic (exact) mass is 170 g/mol. The summed E-state index contributed by atoms with van der Waals surface area (Å²) in [5.41, 5.74) is 0. The average Bonchev–Trinajstić information content (AvgIpc) is 2.15. The van der Waals surface area contributed by atoms with Crippen molar-refractivity contribution in [3.8, 4) is 0 Å². The van der Waals surface area contributed by atoms with Gasteiger partial charge in [-0.2, -0.15) is 0 Å². The molecule has 0 aliphatic rings. The molecule has 0 radical (unpaired) electrons. The predicted octanol–water partition coefficient (Wildman–Crippen LogP) is 2.01. The summed E-state index contributed by atoms with van der Waals surface area (Å²) in [6.07, 6.45) is 10.1. The molecule has 0 heteroatoms. The Kier molecular flexibility index (Phi) is 3.77. The highest BCUT2D eigenvalue weighted by atomic mass is 13.8. The van der Waals surface area contributed by atoms with Gasteiger partial charge in [-0.3, -0.25) is 0 Å². The van der Waals surface area contributed by atoms with Crippen LogP contribution in [0.25, 0.3) is 12.7 Å². The van der Waals surface area contributed by atoms with Gasteiger partial charge in [0, 0.05) is 0 Å². The van der Waals surface area contributed by atoms with Gasteiger partial charge in [-0.25, -0.2) is 0 Å². The van der Waals surface area contributed by atoms with Gasteiger partial charge in [-0.1, -0.05) is 61.2 Å². The van der Waals surface area contributed by atoms with Crippen LogP contribution in [0.5, 0.6) is 0 Å². The molecule has 0 bridgehead atoms. The van der Waals surface area contributed by atoms with Crippen LogP contribution in [0, 0.1) is 0 Å². The maximum Gasteiger partial charge on any atom is -0.0190 e. The Morgan fingerprint density at radius 2 is 1.85 bits per heavy atom. The van der Waals surface area contributed by atoms with Crippen LogP contribution in [0.15, 0.2) is 48.6 Å². The van der Waals surface area contributed by atoms with E-state index in [-0.39, 0.29) is 0 Å². The first kappa shape index (κ1) is 9.53. The highest BCUT2D eigenvalue weighted by Gasteiger charge is 1.76. The lowest BCUT2D eigenvalue weighted by molar-refractivity contribution is 1.53. The van der Waals surface area contributed by atoms with Crippen molar-refractivity contribution in [3.63, 3.8) is 0 Å². The zero-order chi connectivity index (χ0) is 9.52. The Hall–Kier alpha value is -1.56. The third kappa shape index (κ3) is 3.12. The van der Waals surface area contributed by atoms with E-state index >= 15 is 0 Å². The largest absolute Gasteiger partial charge is 0.0912 e. The minimum Gasteiger partial charge on any atom is -0.0912 e. The molecule has 66 valence electrons. The molecule has 1 aromatic rings. The van der Waals surface area contributed by atoms with E-state index < -0.39 is 0 Å². The molecule has 0 fully saturated rings. The molecule has 13 heavy (non-hydrogen) atoms. The van der Waals surface area contributed by atoms with Gasteiger partial charge in [0.2, 0.25) is 0 Å². The highest BCUT2D eigenvalue weighted by molar-refractivity contribution is 5.38. The van der Waals surface area contributed by atoms with Crippen LogP contribution >= 0.6 is 0 Å². The Balaban J connectivity index is 2.95. The minimum absolute atomic E-state index is 1.06. The lowest BCUT2D eigenvalue weighted by Gasteiger charge is -1.84. The van der Waals surface area contributed by atoms with Crippen LogP contribution in [0.3, 0.4) is 0 Å². The molecule has 0 N–H and O–H groups in total. The maximum absolute atomic E-state index is 3.94. The summed E-state index contributed by atoms with van der Waals surface area (Å²) in [4.78, 5) is 0. The zero-order valence-corrected chi connectivity index (χ0v) is 7.90. The fourth-order valence-corrected chi connectivity index (χ4v) is 1.03. The molecular formula is C13H14. The van der Waals surface area contributed by atoms with Gasteiger partial charge in [-0.15, -0.1) is 0 Å². The molecule has 0 spiro atoms. The number of rotatable bonds is 2. The summed E-state index contributed by atoms with van der Waals surface area (Å²) < 4.78 is 0. The van der Waals surface area contributed by atoms with Gasteiger partial charge in [-0.05, 0) is 17.4 Å². The first-order valence-electron chi connectivity index (χ1n) is 4.38. The van der Waals surface area contributed by atoms with Crippen LogP contribution in [-0.2, 0) is 0 Å². The molecule has 0 saturated carbocycles. The quantitative estimate of drug-likeness (QED) is 0.596. The van der Waals surface area contributed by atoms with Crippen molar-refractivity contribution in [1.29, 1.82) is 0 Å². The molecule has 1 rings (SSSR count). The lowest BCUT2D eigenvalue weighted by atomic mass is 10.2. The fourth-order valence-electron chi connectivity index (χ4n) is 1.03. The summed E-state index contributed by atoms with van der Waals surface area (Å²) in [7, 11) is 0. The number of hydrogen-bond acceptors (Lipinski definition) is 0. The molecule has 0 atom stereocenters. The normalized spacial score (nSPS) is 13.2. The molecule has 0 heterocycles. The van der Waals surface area contributed by atoms with Gasteiger partial charge in [0.05, 0.1) is 0 Å². The predicted molar refractivity (Wildman–Crippen MR) is 59.6 cm³/mol. The van der Waals surface area contributed by atoms with Crippen molar-refractivity contribution in [2.45, 2.75) is 6.92 Å². The van der Waals surface area contributed by atoms with Crippen molar-refractivity contribution >= 4 is 12.7 Å². The lowest BCUT2D eigenvalue weighted by Crippen LogP contribution is -2.21. The topological polar surface area (TPSA) is 0 Å². The van der Waals surface area contributed by atoms with Gasteiger partial charge in [0.1, 0.15) is 0 Å². The van der Waals surface area contributed by atoms with E-state index in [0.29, 0.717) is 0 Å². The molecule has 0 aromatic heterocycles. The third-order valence-electron chi connectivity index (χ3n) is 1.75. The summed E-state index contributed by atoms with van der Waals surface area (Å²) in [5.74, 6) is 0. The second-order valence-corrected chi connectivity index (χ2v) is 2.78.